The highest BCUT2D eigenvalue weighted by Crippen LogP contribution is 2.19. The summed E-state index contributed by atoms with van der Waals surface area (Å²) >= 11 is 0. The predicted molar refractivity (Wildman–Crippen MR) is 83.0 cm³/mol. The number of carbonyl (C=O) groups excluding carboxylic acids is 1. The molecule has 1 amide bonds. The summed E-state index contributed by atoms with van der Waals surface area (Å²) in [6, 6.07) is 20.2. The highest BCUT2D eigenvalue weighted by atomic mass is 16.1. The smallest absolute Gasteiger partial charge is 0.221 e. The van der Waals surface area contributed by atoms with Crippen LogP contribution in [0.25, 0.3) is 5.70 Å². The number of allylic oxidation sites excluding steroid dienone is 1. The van der Waals surface area contributed by atoms with Crippen LogP contribution in [0.15, 0.2) is 66.2 Å². The van der Waals surface area contributed by atoms with Gasteiger partial charge in [-0.3, -0.25) is 4.79 Å². The van der Waals surface area contributed by atoms with Gasteiger partial charge in [-0.05, 0) is 30.0 Å². The lowest BCUT2D eigenvalue weighted by Gasteiger charge is -2.13. The van der Waals surface area contributed by atoms with Crippen molar-refractivity contribution in [2.24, 2.45) is 0 Å². The van der Waals surface area contributed by atoms with E-state index in [0.717, 1.165) is 23.3 Å². The first-order chi connectivity index (χ1) is 9.66. The maximum atomic E-state index is 11.4. The minimum absolute atomic E-state index is 0.0451. The Hall–Kier alpha value is -2.35. The molecule has 2 aromatic rings. The molecule has 0 aliphatic rings. The van der Waals surface area contributed by atoms with Crippen LogP contribution in [0.4, 0.5) is 0 Å². The minimum Gasteiger partial charge on any atom is -0.326 e. The second-order valence-corrected chi connectivity index (χ2v) is 4.86. The summed E-state index contributed by atoms with van der Waals surface area (Å²) in [6.45, 7) is 3.60. The van der Waals surface area contributed by atoms with E-state index in [1.54, 1.807) is 6.92 Å². The van der Waals surface area contributed by atoms with Crippen molar-refractivity contribution < 1.29 is 4.79 Å². The number of carbonyl (C=O) groups is 1. The average molecular weight is 265 g/mol. The van der Waals surface area contributed by atoms with Crippen molar-refractivity contribution in [2.45, 2.75) is 20.3 Å². The molecular formula is C18H19NO. The first-order valence-electron chi connectivity index (χ1n) is 6.73. The Morgan fingerprint density at radius 1 is 0.900 bits per heavy atom. The number of hydrogen-bond donors (Lipinski definition) is 1. The van der Waals surface area contributed by atoms with Gasteiger partial charge in [0.05, 0.1) is 0 Å². The van der Waals surface area contributed by atoms with Crippen LogP contribution < -0.4 is 5.32 Å². The molecular weight excluding hydrogens is 246 g/mol. The van der Waals surface area contributed by atoms with Crippen LogP contribution in [0.2, 0.25) is 0 Å². The van der Waals surface area contributed by atoms with Crippen molar-refractivity contribution >= 4 is 11.6 Å². The molecule has 0 heterocycles. The molecule has 0 aliphatic carbocycles. The van der Waals surface area contributed by atoms with Gasteiger partial charge in [-0.15, -0.1) is 0 Å². The van der Waals surface area contributed by atoms with Crippen molar-refractivity contribution in [1.29, 1.82) is 0 Å². The summed E-state index contributed by atoms with van der Waals surface area (Å²) in [5, 5.41) is 2.96. The fourth-order valence-corrected chi connectivity index (χ4v) is 2.20. The van der Waals surface area contributed by atoms with Crippen molar-refractivity contribution in [1.82, 2.24) is 5.32 Å². The van der Waals surface area contributed by atoms with Gasteiger partial charge in [-0.1, -0.05) is 60.7 Å². The number of nitrogens with one attached hydrogen (secondary N) is 1. The molecule has 0 saturated heterocycles. The number of rotatable bonds is 4. The molecule has 0 unspecified atom stereocenters. The molecule has 2 aromatic carbocycles. The monoisotopic (exact) mass is 265 g/mol. The van der Waals surface area contributed by atoms with Gasteiger partial charge < -0.3 is 5.32 Å². The molecule has 0 aliphatic heterocycles. The number of benzene rings is 2. The average Bonchev–Trinajstić information content (AvgIpc) is 2.46. The van der Waals surface area contributed by atoms with Crippen LogP contribution in [0.3, 0.4) is 0 Å². The molecule has 2 nitrogen and oxygen atoms in total. The van der Waals surface area contributed by atoms with Crippen molar-refractivity contribution in [2.75, 3.05) is 0 Å². The molecule has 0 radical (unpaired) electrons. The molecule has 0 bridgehead atoms. The van der Waals surface area contributed by atoms with E-state index in [4.69, 9.17) is 0 Å². The fourth-order valence-electron chi connectivity index (χ4n) is 2.20. The molecule has 20 heavy (non-hydrogen) atoms. The lowest BCUT2D eigenvalue weighted by atomic mass is 10.0. The Labute approximate surface area is 120 Å². The molecule has 0 aromatic heterocycles. The van der Waals surface area contributed by atoms with Gasteiger partial charge in [0.25, 0.3) is 0 Å². The maximum Gasteiger partial charge on any atom is 0.221 e. The summed E-state index contributed by atoms with van der Waals surface area (Å²) in [7, 11) is 0. The van der Waals surface area contributed by atoms with Crippen molar-refractivity contribution in [3.8, 4) is 0 Å². The fraction of sp³-hybridized carbons (Fsp3) is 0.167. The third-order valence-electron chi connectivity index (χ3n) is 3.10. The van der Waals surface area contributed by atoms with Gasteiger partial charge in [-0.25, -0.2) is 0 Å². The van der Waals surface area contributed by atoms with Gasteiger partial charge in [0, 0.05) is 12.6 Å². The van der Waals surface area contributed by atoms with Crippen LogP contribution >= 0.6 is 0 Å². The molecule has 0 saturated carbocycles. The number of amides is 1. The van der Waals surface area contributed by atoms with Crippen LogP contribution in [-0.4, -0.2) is 5.91 Å². The Kier molecular flexibility index (Phi) is 4.72. The quantitative estimate of drug-likeness (QED) is 0.895. The number of hydrogen-bond acceptors (Lipinski definition) is 1. The lowest BCUT2D eigenvalue weighted by Crippen LogP contribution is -2.19. The standard InChI is InChI=1S/C18H19NO/c1-14(13-16-9-5-3-6-10-16)18(19-15(2)20)17-11-7-4-8-12-17/h3-12H,13H2,1-2H3,(H,19,20)/b18-14-. The molecule has 0 spiro atoms. The normalized spacial score (nSPS) is 11.7. The zero-order valence-electron chi connectivity index (χ0n) is 11.9. The van der Waals surface area contributed by atoms with E-state index in [0.29, 0.717) is 0 Å². The second-order valence-electron chi connectivity index (χ2n) is 4.86. The predicted octanol–water partition coefficient (Wildman–Crippen LogP) is 3.80. The molecule has 102 valence electrons. The van der Waals surface area contributed by atoms with E-state index in [-0.39, 0.29) is 5.91 Å². The molecule has 2 heteroatoms. The molecule has 2 rings (SSSR count). The molecule has 0 atom stereocenters. The summed E-state index contributed by atoms with van der Waals surface area (Å²) < 4.78 is 0. The van der Waals surface area contributed by atoms with E-state index >= 15 is 0 Å². The summed E-state index contributed by atoms with van der Waals surface area (Å²) in [4.78, 5) is 11.4. The third-order valence-corrected chi connectivity index (χ3v) is 3.10. The topological polar surface area (TPSA) is 29.1 Å². The summed E-state index contributed by atoms with van der Waals surface area (Å²) in [5.74, 6) is -0.0451. The van der Waals surface area contributed by atoms with Crippen molar-refractivity contribution in [3.05, 3.63) is 77.4 Å². The van der Waals surface area contributed by atoms with Gasteiger partial charge in [-0.2, -0.15) is 0 Å². The minimum atomic E-state index is -0.0451. The van der Waals surface area contributed by atoms with Crippen LogP contribution in [0.5, 0.6) is 0 Å². The SMILES string of the molecule is CC(=O)N/C(=C(/C)Cc1ccccc1)c1ccccc1. The van der Waals surface area contributed by atoms with E-state index in [2.05, 4.69) is 24.4 Å². The third kappa shape index (κ3) is 3.82. The molecule has 1 N–H and O–H groups in total. The van der Waals surface area contributed by atoms with Crippen molar-refractivity contribution in [3.63, 3.8) is 0 Å². The first kappa shape index (κ1) is 14.1. The van der Waals surface area contributed by atoms with E-state index in [1.165, 1.54) is 5.56 Å². The summed E-state index contributed by atoms with van der Waals surface area (Å²) in [6.07, 6.45) is 0.825. The van der Waals surface area contributed by atoms with E-state index < -0.39 is 0 Å². The Morgan fingerprint density at radius 3 is 2.00 bits per heavy atom. The van der Waals surface area contributed by atoms with Gasteiger partial charge in [0.15, 0.2) is 0 Å². The molecule has 0 fully saturated rings. The van der Waals surface area contributed by atoms with Crippen LogP contribution in [0, 0.1) is 0 Å². The Morgan fingerprint density at radius 2 is 1.45 bits per heavy atom. The maximum absolute atomic E-state index is 11.4. The second kappa shape index (κ2) is 6.71. The van der Waals surface area contributed by atoms with Crippen LogP contribution in [-0.2, 0) is 11.2 Å². The van der Waals surface area contributed by atoms with Crippen LogP contribution in [0.1, 0.15) is 25.0 Å². The van der Waals surface area contributed by atoms with Gasteiger partial charge in [0.2, 0.25) is 5.91 Å². The van der Waals surface area contributed by atoms with E-state index in [1.807, 2.05) is 48.5 Å². The summed E-state index contributed by atoms with van der Waals surface area (Å²) in [5.41, 5.74) is 4.33. The van der Waals surface area contributed by atoms with E-state index in [9.17, 15) is 4.79 Å². The zero-order valence-corrected chi connectivity index (χ0v) is 11.9. The highest BCUT2D eigenvalue weighted by Gasteiger charge is 2.08. The van der Waals surface area contributed by atoms with Gasteiger partial charge in [0.1, 0.15) is 0 Å². The van der Waals surface area contributed by atoms with Gasteiger partial charge >= 0.3 is 0 Å². The largest absolute Gasteiger partial charge is 0.326 e. The Balaban J connectivity index is 2.34. The highest BCUT2D eigenvalue weighted by molar-refractivity contribution is 5.86. The lowest BCUT2D eigenvalue weighted by molar-refractivity contribution is -0.117. The Bertz CT molecular complexity index is 600. The zero-order chi connectivity index (χ0) is 14.4. The first-order valence-corrected chi connectivity index (χ1v) is 6.73.